The van der Waals surface area contributed by atoms with Gasteiger partial charge in [0, 0.05) is 57.4 Å². The molecule has 2 aromatic carbocycles. The Kier molecular flexibility index (Phi) is 8.73. The summed E-state index contributed by atoms with van der Waals surface area (Å²) in [5, 5.41) is 18.4. The van der Waals surface area contributed by atoms with Gasteiger partial charge in [0.05, 0.1) is 6.61 Å². The summed E-state index contributed by atoms with van der Waals surface area (Å²) in [5.74, 6) is 6.04. The van der Waals surface area contributed by atoms with E-state index in [-0.39, 0.29) is 13.2 Å². The molecule has 154 valence electrons. The van der Waals surface area contributed by atoms with Crippen molar-refractivity contribution in [2.24, 2.45) is 0 Å². The molecule has 0 aliphatic carbocycles. The minimum absolute atomic E-state index is 0.109. The Labute approximate surface area is 174 Å². The highest BCUT2D eigenvalue weighted by Gasteiger charge is 2.26. The van der Waals surface area contributed by atoms with Crippen molar-refractivity contribution in [3.05, 3.63) is 71.3 Å². The summed E-state index contributed by atoms with van der Waals surface area (Å²) in [6, 6.07) is 19.4. The highest BCUT2D eigenvalue weighted by atomic mass is 16.3. The lowest BCUT2D eigenvalue weighted by Crippen LogP contribution is -2.53. The lowest BCUT2D eigenvalue weighted by Gasteiger charge is -2.41. The van der Waals surface area contributed by atoms with Gasteiger partial charge in [-0.15, -0.1) is 0 Å². The molecule has 1 atom stereocenters. The van der Waals surface area contributed by atoms with E-state index in [0.29, 0.717) is 12.5 Å². The van der Waals surface area contributed by atoms with E-state index in [0.717, 1.165) is 51.1 Å². The van der Waals surface area contributed by atoms with Crippen molar-refractivity contribution in [3.8, 4) is 11.8 Å². The number of piperazine rings is 1. The predicted octanol–water partition coefficient (Wildman–Crippen LogP) is 2.53. The molecule has 1 heterocycles. The molecule has 0 bridgehead atoms. The Morgan fingerprint density at radius 3 is 2.41 bits per heavy atom. The standard InChI is InChI=1S/C25H32N2O2/c28-18-5-4-8-23-9-11-24(12-10-23)20-26-16-17-27(25(21-26)14-19-29)15-13-22-6-2-1-3-7-22/h1-3,6-7,9-12,25,28-29H,5,13-21H2. The second kappa shape index (κ2) is 11.7. The first-order chi connectivity index (χ1) is 14.3. The van der Waals surface area contributed by atoms with Crippen molar-refractivity contribution in [2.45, 2.75) is 31.8 Å². The number of rotatable bonds is 8. The van der Waals surface area contributed by atoms with Gasteiger partial charge >= 0.3 is 0 Å². The van der Waals surface area contributed by atoms with Crippen molar-refractivity contribution < 1.29 is 10.2 Å². The predicted molar refractivity (Wildman–Crippen MR) is 118 cm³/mol. The zero-order valence-corrected chi connectivity index (χ0v) is 17.1. The van der Waals surface area contributed by atoms with Gasteiger partial charge in [-0.25, -0.2) is 0 Å². The first kappa shape index (κ1) is 21.5. The molecule has 2 aromatic rings. The van der Waals surface area contributed by atoms with Crippen molar-refractivity contribution in [2.75, 3.05) is 39.4 Å². The summed E-state index contributed by atoms with van der Waals surface area (Å²) in [7, 11) is 0. The van der Waals surface area contributed by atoms with Gasteiger partial charge in [-0.1, -0.05) is 54.3 Å². The Hall–Kier alpha value is -2.16. The fourth-order valence-corrected chi connectivity index (χ4v) is 3.91. The number of hydrogen-bond acceptors (Lipinski definition) is 4. The van der Waals surface area contributed by atoms with Gasteiger partial charge < -0.3 is 10.2 Å². The summed E-state index contributed by atoms with van der Waals surface area (Å²) in [5.41, 5.74) is 3.66. The van der Waals surface area contributed by atoms with Crippen LogP contribution < -0.4 is 0 Å². The van der Waals surface area contributed by atoms with Crippen molar-refractivity contribution in [1.29, 1.82) is 0 Å². The average molecular weight is 393 g/mol. The second-order valence-corrected chi connectivity index (χ2v) is 7.65. The molecule has 1 aliphatic rings. The van der Waals surface area contributed by atoms with E-state index in [1.807, 2.05) is 0 Å². The first-order valence-electron chi connectivity index (χ1n) is 10.6. The lowest BCUT2D eigenvalue weighted by atomic mass is 10.1. The fourth-order valence-electron chi connectivity index (χ4n) is 3.91. The van der Waals surface area contributed by atoms with Crippen LogP contribution in [-0.2, 0) is 13.0 Å². The number of aliphatic hydroxyl groups excluding tert-OH is 2. The van der Waals surface area contributed by atoms with Crippen LogP contribution >= 0.6 is 0 Å². The molecule has 0 amide bonds. The molecular formula is C25H32N2O2. The minimum atomic E-state index is 0.109. The summed E-state index contributed by atoms with van der Waals surface area (Å²) >= 11 is 0. The third kappa shape index (κ3) is 6.99. The quantitative estimate of drug-likeness (QED) is 0.678. The number of nitrogens with zero attached hydrogens (tertiary/aromatic N) is 2. The molecule has 1 unspecified atom stereocenters. The Bertz CT molecular complexity index is 780. The molecule has 1 fully saturated rings. The molecule has 2 N–H and O–H groups in total. The van der Waals surface area contributed by atoms with Crippen LogP contribution in [0.25, 0.3) is 0 Å². The van der Waals surface area contributed by atoms with Crippen molar-refractivity contribution in [3.63, 3.8) is 0 Å². The van der Waals surface area contributed by atoms with Gasteiger partial charge in [0.1, 0.15) is 0 Å². The van der Waals surface area contributed by atoms with Gasteiger partial charge in [-0.3, -0.25) is 9.80 Å². The fraction of sp³-hybridized carbons (Fsp3) is 0.440. The van der Waals surface area contributed by atoms with E-state index in [9.17, 15) is 5.11 Å². The van der Waals surface area contributed by atoms with E-state index in [2.05, 4.69) is 76.2 Å². The maximum absolute atomic E-state index is 9.54. The van der Waals surface area contributed by atoms with E-state index < -0.39 is 0 Å². The zero-order valence-electron chi connectivity index (χ0n) is 17.1. The SMILES string of the molecule is OCCC#Cc1ccc(CN2CCN(CCc3ccccc3)C(CCO)C2)cc1. The van der Waals surface area contributed by atoms with Crippen LogP contribution in [-0.4, -0.2) is 65.4 Å². The topological polar surface area (TPSA) is 46.9 Å². The number of hydrogen-bond donors (Lipinski definition) is 2. The molecular weight excluding hydrogens is 360 g/mol. The van der Waals surface area contributed by atoms with Crippen LogP contribution in [0.5, 0.6) is 0 Å². The van der Waals surface area contributed by atoms with Crippen LogP contribution in [0.1, 0.15) is 29.5 Å². The Morgan fingerprint density at radius 2 is 1.69 bits per heavy atom. The summed E-state index contributed by atoms with van der Waals surface area (Å²) in [4.78, 5) is 5.03. The van der Waals surface area contributed by atoms with Gasteiger partial charge in [0.15, 0.2) is 0 Å². The maximum Gasteiger partial charge on any atom is 0.0540 e. The van der Waals surface area contributed by atoms with Crippen LogP contribution in [0.2, 0.25) is 0 Å². The summed E-state index contributed by atoms with van der Waals surface area (Å²) in [6.45, 7) is 5.41. The molecule has 0 saturated carbocycles. The zero-order chi connectivity index (χ0) is 20.3. The van der Waals surface area contributed by atoms with Gasteiger partial charge in [0.25, 0.3) is 0 Å². The van der Waals surface area contributed by atoms with E-state index in [4.69, 9.17) is 5.11 Å². The van der Waals surface area contributed by atoms with E-state index >= 15 is 0 Å². The highest BCUT2D eigenvalue weighted by Crippen LogP contribution is 2.17. The third-order valence-corrected chi connectivity index (χ3v) is 5.51. The van der Waals surface area contributed by atoms with Gasteiger partial charge in [-0.05, 0) is 36.1 Å². The Balaban J connectivity index is 1.52. The van der Waals surface area contributed by atoms with Crippen molar-refractivity contribution in [1.82, 2.24) is 9.80 Å². The van der Waals surface area contributed by atoms with E-state index in [1.54, 1.807) is 0 Å². The monoisotopic (exact) mass is 392 g/mol. The molecule has 4 heteroatoms. The maximum atomic E-state index is 9.54. The number of benzene rings is 2. The smallest absolute Gasteiger partial charge is 0.0540 e. The lowest BCUT2D eigenvalue weighted by molar-refractivity contribution is 0.0562. The second-order valence-electron chi connectivity index (χ2n) is 7.65. The van der Waals surface area contributed by atoms with Crippen LogP contribution in [0.3, 0.4) is 0 Å². The normalized spacial score (nSPS) is 17.7. The van der Waals surface area contributed by atoms with Crippen LogP contribution in [0.4, 0.5) is 0 Å². The van der Waals surface area contributed by atoms with Crippen molar-refractivity contribution >= 4 is 0 Å². The highest BCUT2D eigenvalue weighted by molar-refractivity contribution is 5.36. The average Bonchev–Trinajstić information content (AvgIpc) is 2.76. The van der Waals surface area contributed by atoms with Gasteiger partial charge in [-0.2, -0.15) is 0 Å². The molecule has 1 saturated heterocycles. The van der Waals surface area contributed by atoms with Crippen LogP contribution in [0, 0.1) is 11.8 Å². The third-order valence-electron chi connectivity index (χ3n) is 5.51. The van der Waals surface area contributed by atoms with Gasteiger partial charge in [0.2, 0.25) is 0 Å². The Morgan fingerprint density at radius 1 is 0.897 bits per heavy atom. The molecule has 0 aromatic heterocycles. The minimum Gasteiger partial charge on any atom is -0.396 e. The molecule has 0 spiro atoms. The molecule has 0 radical (unpaired) electrons. The first-order valence-corrected chi connectivity index (χ1v) is 10.6. The molecule has 29 heavy (non-hydrogen) atoms. The molecule has 3 rings (SSSR count). The molecule has 4 nitrogen and oxygen atoms in total. The van der Waals surface area contributed by atoms with E-state index in [1.165, 1.54) is 11.1 Å². The largest absolute Gasteiger partial charge is 0.396 e. The van der Waals surface area contributed by atoms with Crippen LogP contribution in [0.15, 0.2) is 54.6 Å². The summed E-state index contributed by atoms with van der Waals surface area (Å²) < 4.78 is 0. The number of aliphatic hydroxyl groups is 2. The summed E-state index contributed by atoms with van der Waals surface area (Å²) in [6.07, 6.45) is 2.40. The molecule has 1 aliphatic heterocycles.